The van der Waals surface area contributed by atoms with Crippen molar-refractivity contribution in [3.05, 3.63) is 11.9 Å². The third-order valence-corrected chi connectivity index (χ3v) is 2.60. The molecule has 3 nitrogen and oxygen atoms in total. The average molecular weight is 208 g/mol. The molecule has 1 N–H and O–H groups in total. The molecular formula is C7H10F2N2OS. The number of rotatable bonds is 4. The first kappa shape index (κ1) is 10.5. The van der Waals surface area contributed by atoms with Gasteiger partial charge in [0.25, 0.3) is 0 Å². The highest BCUT2D eigenvalue weighted by atomic mass is 32.2. The van der Waals surface area contributed by atoms with Crippen molar-refractivity contribution in [2.45, 2.75) is 18.2 Å². The fourth-order valence-electron chi connectivity index (χ4n) is 0.844. The van der Waals surface area contributed by atoms with Crippen molar-refractivity contribution < 1.29 is 13.9 Å². The van der Waals surface area contributed by atoms with E-state index in [4.69, 9.17) is 5.11 Å². The molecule has 0 aromatic carbocycles. The summed E-state index contributed by atoms with van der Waals surface area (Å²) >= 11 is 0.982. The van der Waals surface area contributed by atoms with E-state index in [9.17, 15) is 8.78 Å². The zero-order valence-electron chi connectivity index (χ0n) is 7.07. The van der Waals surface area contributed by atoms with Crippen molar-refractivity contribution in [3.8, 4) is 0 Å². The Kier molecular flexibility index (Phi) is 3.68. The number of aromatic nitrogens is 2. The monoisotopic (exact) mass is 208 g/mol. The molecule has 6 heteroatoms. The molecule has 1 aromatic heterocycles. The van der Waals surface area contributed by atoms with Crippen molar-refractivity contribution in [1.82, 2.24) is 9.55 Å². The average Bonchev–Trinajstić information content (AvgIpc) is 2.43. The van der Waals surface area contributed by atoms with Gasteiger partial charge in [-0.25, -0.2) is 13.8 Å². The van der Waals surface area contributed by atoms with Crippen LogP contribution < -0.4 is 0 Å². The molecule has 13 heavy (non-hydrogen) atoms. The molecule has 0 unspecified atom stereocenters. The summed E-state index contributed by atoms with van der Waals surface area (Å²) in [6, 6.07) is 0. The van der Waals surface area contributed by atoms with Crippen molar-refractivity contribution >= 4 is 11.8 Å². The zero-order chi connectivity index (χ0) is 9.84. The Morgan fingerprint density at radius 2 is 2.38 bits per heavy atom. The van der Waals surface area contributed by atoms with Gasteiger partial charge in [0.15, 0.2) is 5.16 Å². The van der Waals surface area contributed by atoms with Crippen LogP contribution in [0.3, 0.4) is 0 Å². The molecule has 0 bridgehead atoms. The second-order valence-corrected chi connectivity index (χ2v) is 3.44. The first-order chi connectivity index (χ1) is 6.15. The maximum atomic E-state index is 11.8. The molecule has 74 valence electrons. The van der Waals surface area contributed by atoms with Gasteiger partial charge in [-0.1, -0.05) is 11.8 Å². The Morgan fingerprint density at radius 3 is 2.85 bits per heavy atom. The molecule has 0 fully saturated rings. The fraction of sp³-hybridized carbons (Fsp3) is 0.571. The predicted octanol–water partition coefficient (Wildman–Crippen LogP) is 1.27. The minimum absolute atomic E-state index is 0.126. The van der Waals surface area contributed by atoms with E-state index in [1.807, 2.05) is 0 Å². The maximum Gasteiger partial charge on any atom is 0.248 e. The Morgan fingerprint density at radius 1 is 1.69 bits per heavy atom. The first-order valence-corrected chi connectivity index (χ1v) is 4.66. The predicted molar refractivity (Wildman–Crippen MR) is 45.9 cm³/mol. The largest absolute Gasteiger partial charge is 0.390 e. The van der Waals surface area contributed by atoms with Crippen LogP contribution in [0, 0.1) is 0 Å². The van der Waals surface area contributed by atoms with Crippen LogP contribution in [-0.2, 0) is 13.7 Å². The molecule has 0 aliphatic rings. The summed E-state index contributed by atoms with van der Waals surface area (Å²) < 4.78 is 25.3. The van der Waals surface area contributed by atoms with Crippen LogP contribution in [0.1, 0.15) is 5.69 Å². The Bertz CT molecular complexity index is 277. The number of imidazole rings is 1. The SMILES string of the molecule is Cn1c(CO)cnc1SCC(F)F. The maximum absolute atomic E-state index is 11.8. The van der Waals surface area contributed by atoms with Gasteiger partial charge in [0.2, 0.25) is 6.43 Å². The topological polar surface area (TPSA) is 38.0 Å². The van der Waals surface area contributed by atoms with Crippen LogP contribution in [0.4, 0.5) is 8.78 Å². The summed E-state index contributed by atoms with van der Waals surface area (Å²) in [5, 5.41) is 9.29. The molecule has 1 rings (SSSR count). The molecule has 1 heterocycles. The number of aliphatic hydroxyl groups is 1. The van der Waals surface area contributed by atoms with Crippen LogP contribution in [-0.4, -0.2) is 26.8 Å². The standard InChI is InChI=1S/C7H10F2N2OS/c1-11-5(3-12)2-10-7(11)13-4-6(8)9/h2,6,12H,3-4H2,1H3. The van der Waals surface area contributed by atoms with Gasteiger partial charge >= 0.3 is 0 Å². The zero-order valence-corrected chi connectivity index (χ0v) is 7.89. The van der Waals surface area contributed by atoms with E-state index in [0.717, 1.165) is 11.8 Å². The van der Waals surface area contributed by atoms with E-state index >= 15 is 0 Å². The van der Waals surface area contributed by atoms with Gasteiger partial charge in [0.1, 0.15) is 0 Å². The summed E-state index contributed by atoms with van der Waals surface area (Å²) in [5.74, 6) is -0.268. The van der Waals surface area contributed by atoms with Crippen LogP contribution in [0.25, 0.3) is 0 Å². The van der Waals surface area contributed by atoms with Crippen molar-refractivity contribution in [2.24, 2.45) is 7.05 Å². The lowest BCUT2D eigenvalue weighted by atomic mass is 10.5. The minimum Gasteiger partial charge on any atom is -0.390 e. The van der Waals surface area contributed by atoms with Crippen LogP contribution in [0.2, 0.25) is 0 Å². The number of hydrogen-bond donors (Lipinski definition) is 1. The Hall–Kier alpha value is -0.620. The van der Waals surface area contributed by atoms with E-state index in [1.54, 1.807) is 11.6 Å². The highest BCUT2D eigenvalue weighted by Crippen LogP contribution is 2.19. The summed E-state index contributed by atoms with van der Waals surface area (Å²) in [7, 11) is 1.69. The summed E-state index contributed by atoms with van der Waals surface area (Å²) in [6.07, 6.45) is -0.854. The summed E-state index contributed by atoms with van der Waals surface area (Å²) in [5.41, 5.74) is 0.622. The molecule has 0 aliphatic carbocycles. The number of nitrogens with zero attached hydrogens (tertiary/aromatic N) is 2. The number of thioether (sulfide) groups is 1. The van der Waals surface area contributed by atoms with Crippen LogP contribution in [0.15, 0.2) is 11.4 Å². The third kappa shape index (κ3) is 2.67. The normalized spacial score (nSPS) is 11.2. The number of aliphatic hydroxyl groups excluding tert-OH is 1. The number of alkyl halides is 2. The van der Waals surface area contributed by atoms with Crippen molar-refractivity contribution in [2.75, 3.05) is 5.75 Å². The molecule has 0 aliphatic heterocycles. The first-order valence-electron chi connectivity index (χ1n) is 3.67. The third-order valence-electron chi connectivity index (χ3n) is 1.54. The van der Waals surface area contributed by atoms with Gasteiger partial charge in [0, 0.05) is 7.05 Å². The van der Waals surface area contributed by atoms with Gasteiger partial charge in [0.05, 0.1) is 24.3 Å². The number of hydrogen-bond acceptors (Lipinski definition) is 3. The van der Waals surface area contributed by atoms with Gasteiger partial charge in [-0.05, 0) is 0 Å². The molecular weight excluding hydrogens is 198 g/mol. The van der Waals surface area contributed by atoms with E-state index < -0.39 is 6.43 Å². The molecule has 0 spiro atoms. The van der Waals surface area contributed by atoms with Crippen molar-refractivity contribution in [3.63, 3.8) is 0 Å². The highest BCUT2D eigenvalue weighted by Gasteiger charge is 2.09. The van der Waals surface area contributed by atoms with Gasteiger partial charge < -0.3 is 9.67 Å². The lowest BCUT2D eigenvalue weighted by Gasteiger charge is -2.02. The second-order valence-electron chi connectivity index (χ2n) is 2.45. The second kappa shape index (κ2) is 4.57. The molecule has 0 saturated carbocycles. The molecule has 1 aromatic rings. The molecule has 0 saturated heterocycles. The van der Waals surface area contributed by atoms with Crippen molar-refractivity contribution in [1.29, 1.82) is 0 Å². The summed E-state index contributed by atoms with van der Waals surface area (Å²) in [4.78, 5) is 3.89. The smallest absolute Gasteiger partial charge is 0.248 e. The quantitative estimate of drug-likeness (QED) is 0.757. The van der Waals surface area contributed by atoms with E-state index in [1.165, 1.54) is 6.20 Å². The molecule has 0 amide bonds. The van der Waals surface area contributed by atoms with Gasteiger partial charge in [-0.2, -0.15) is 0 Å². The molecule has 0 atom stereocenters. The fourth-order valence-corrected chi connectivity index (χ4v) is 1.56. The lowest BCUT2D eigenvalue weighted by Crippen LogP contribution is -2.00. The number of halogens is 2. The van der Waals surface area contributed by atoms with E-state index in [-0.39, 0.29) is 12.4 Å². The van der Waals surface area contributed by atoms with Gasteiger partial charge in [-0.3, -0.25) is 0 Å². The van der Waals surface area contributed by atoms with E-state index in [0.29, 0.717) is 10.9 Å². The highest BCUT2D eigenvalue weighted by molar-refractivity contribution is 7.99. The minimum atomic E-state index is -2.33. The Labute approximate surface area is 78.8 Å². The van der Waals surface area contributed by atoms with Crippen LogP contribution in [0.5, 0.6) is 0 Å². The van der Waals surface area contributed by atoms with E-state index in [2.05, 4.69) is 4.98 Å². The summed E-state index contributed by atoms with van der Waals surface area (Å²) in [6.45, 7) is -0.126. The lowest BCUT2D eigenvalue weighted by molar-refractivity contribution is 0.176. The Balaban J connectivity index is 2.62. The molecule has 0 radical (unpaired) electrons. The van der Waals surface area contributed by atoms with Crippen LogP contribution >= 0.6 is 11.8 Å². The van der Waals surface area contributed by atoms with Gasteiger partial charge in [-0.15, -0.1) is 0 Å².